The van der Waals surface area contributed by atoms with E-state index in [9.17, 15) is 4.79 Å². The van der Waals surface area contributed by atoms with E-state index in [1.807, 2.05) is 33.8 Å². The summed E-state index contributed by atoms with van der Waals surface area (Å²) in [5.41, 5.74) is 2.92. The third-order valence-electron chi connectivity index (χ3n) is 2.28. The van der Waals surface area contributed by atoms with Crippen molar-refractivity contribution in [2.45, 2.75) is 27.7 Å². The van der Waals surface area contributed by atoms with Crippen molar-refractivity contribution in [2.24, 2.45) is 0 Å². The number of nitrogens with zero attached hydrogens (tertiary/aromatic N) is 2. The Hall–Kier alpha value is -0.822. The van der Waals surface area contributed by atoms with Crippen molar-refractivity contribution in [2.75, 3.05) is 0 Å². The van der Waals surface area contributed by atoms with Crippen LogP contribution in [-0.2, 0) is 19.4 Å². The van der Waals surface area contributed by atoms with Gasteiger partial charge >= 0.3 is 100 Å². The third-order valence-corrected chi connectivity index (χ3v) is 2.93. The molecule has 0 saturated carbocycles. The van der Waals surface area contributed by atoms with Gasteiger partial charge in [-0.15, -0.1) is 0 Å². The van der Waals surface area contributed by atoms with Crippen molar-refractivity contribution < 1.29 is 19.4 Å². The van der Waals surface area contributed by atoms with Gasteiger partial charge in [0.15, 0.2) is 0 Å². The van der Waals surface area contributed by atoms with Crippen molar-refractivity contribution in [3.63, 3.8) is 0 Å². The van der Waals surface area contributed by atoms with Crippen LogP contribution in [-0.4, -0.2) is 13.6 Å². The van der Waals surface area contributed by atoms with Gasteiger partial charge in [-0.3, -0.25) is 0 Å². The van der Waals surface area contributed by atoms with Crippen LogP contribution in [0.15, 0.2) is 17.1 Å². The fraction of sp³-hybridized carbons (Fsp3) is 0.364. The molecular formula is C11H14N2OW. The number of aryl methyl sites for hydroxylation is 1. The molecule has 1 aromatic rings. The topological polar surface area (TPSA) is 34.9 Å². The molecule has 1 heterocycles. The first-order valence-corrected chi connectivity index (χ1v) is 6.18. The Morgan fingerprint density at radius 1 is 1.53 bits per heavy atom. The SMILES string of the molecule is CC=C(C)c1c(C)cnc(=O)n1[C](C)=[W]. The molecule has 0 unspecified atom stereocenters. The van der Waals surface area contributed by atoms with E-state index in [1.165, 1.54) is 19.4 Å². The fourth-order valence-corrected chi connectivity index (χ4v) is 2.07. The molecule has 0 radical (unpaired) electrons. The Kier molecular flexibility index (Phi) is 3.92. The summed E-state index contributed by atoms with van der Waals surface area (Å²) in [6, 6.07) is 0. The summed E-state index contributed by atoms with van der Waals surface area (Å²) in [6.07, 6.45) is 3.65. The molecule has 4 heteroatoms. The Bertz CT molecular complexity index is 486. The van der Waals surface area contributed by atoms with Crippen LogP contribution in [0.2, 0.25) is 0 Å². The van der Waals surface area contributed by atoms with Crippen molar-refractivity contribution >= 4 is 9.59 Å². The van der Waals surface area contributed by atoms with E-state index < -0.39 is 0 Å². The van der Waals surface area contributed by atoms with Crippen LogP contribution in [0.4, 0.5) is 0 Å². The summed E-state index contributed by atoms with van der Waals surface area (Å²) in [6.45, 7) is 7.91. The minimum atomic E-state index is -0.190. The Balaban J connectivity index is 3.67. The number of hydrogen-bond donors (Lipinski definition) is 0. The molecule has 0 aliphatic carbocycles. The first kappa shape index (κ1) is 12.2. The van der Waals surface area contributed by atoms with Crippen molar-refractivity contribution in [1.82, 2.24) is 9.55 Å². The van der Waals surface area contributed by atoms with Crippen LogP contribution in [0.1, 0.15) is 32.0 Å². The van der Waals surface area contributed by atoms with E-state index in [-0.39, 0.29) is 5.69 Å². The fourth-order valence-electron chi connectivity index (χ4n) is 1.46. The monoisotopic (exact) mass is 374 g/mol. The molecule has 0 saturated heterocycles. The molecule has 80 valence electrons. The van der Waals surface area contributed by atoms with Crippen LogP contribution < -0.4 is 5.69 Å². The minimum absolute atomic E-state index is 0.190. The summed E-state index contributed by atoms with van der Waals surface area (Å²) in [4.78, 5) is 15.5. The van der Waals surface area contributed by atoms with Gasteiger partial charge in [-0.2, -0.15) is 0 Å². The standard InChI is InChI=1S/C11H14N2O.W/c1-5-8(3)10-9(4)7-12-11(14)13(10)6-2;/h5,7H,1-4H3;. The summed E-state index contributed by atoms with van der Waals surface area (Å²) in [5, 5.41) is 0. The molecular weight excluding hydrogens is 360 g/mol. The van der Waals surface area contributed by atoms with Crippen LogP contribution in [0, 0.1) is 6.92 Å². The van der Waals surface area contributed by atoms with Gasteiger partial charge in [0.1, 0.15) is 0 Å². The number of allylic oxidation sites excluding steroid dienone is 2. The van der Waals surface area contributed by atoms with Crippen molar-refractivity contribution in [3.8, 4) is 0 Å². The van der Waals surface area contributed by atoms with Gasteiger partial charge in [-0.25, -0.2) is 0 Å². The molecule has 1 rings (SSSR count). The van der Waals surface area contributed by atoms with Gasteiger partial charge < -0.3 is 0 Å². The van der Waals surface area contributed by atoms with E-state index >= 15 is 0 Å². The molecule has 0 fully saturated rings. The normalized spacial score (nSPS) is 11.6. The first-order valence-electron chi connectivity index (χ1n) is 4.72. The van der Waals surface area contributed by atoms with Gasteiger partial charge in [0.05, 0.1) is 0 Å². The van der Waals surface area contributed by atoms with Gasteiger partial charge in [0.2, 0.25) is 0 Å². The summed E-state index contributed by atoms with van der Waals surface area (Å²) in [7, 11) is 0. The van der Waals surface area contributed by atoms with Gasteiger partial charge in [0.25, 0.3) is 0 Å². The molecule has 0 aliphatic rings. The Labute approximate surface area is 100 Å². The van der Waals surface area contributed by atoms with Crippen LogP contribution in [0.25, 0.3) is 5.57 Å². The molecule has 1 aromatic heterocycles. The van der Waals surface area contributed by atoms with E-state index in [4.69, 9.17) is 0 Å². The maximum absolute atomic E-state index is 11.7. The number of rotatable bonds is 2. The zero-order chi connectivity index (χ0) is 11.6. The third kappa shape index (κ3) is 2.40. The molecule has 0 N–H and O–H groups in total. The molecule has 0 amide bonds. The molecule has 15 heavy (non-hydrogen) atoms. The van der Waals surface area contributed by atoms with Gasteiger partial charge in [0, 0.05) is 0 Å². The predicted molar refractivity (Wildman–Crippen MR) is 58.6 cm³/mol. The average molecular weight is 374 g/mol. The second-order valence-corrected chi connectivity index (χ2v) is 5.52. The van der Waals surface area contributed by atoms with E-state index in [1.54, 1.807) is 10.8 Å². The first-order chi connectivity index (χ1) is 6.99. The second kappa shape index (κ2) is 4.80. The van der Waals surface area contributed by atoms with E-state index in [0.717, 1.165) is 20.9 Å². The predicted octanol–water partition coefficient (Wildman–Crippen LogP) is 1.52. The van der Waals surface area contributed by atoms with Crippen molar-refractivity contribution in [3.05, 3.63) is 34.0 Å². The molecule has 3 nitrogen and oxygen atoms in total. The van der Waals surface area contributed by atoms with Crippen LogP contribution >= 0.6 is 0 Å². The summed E-state index contributed by atoms with van der Waals surface area (Å²) in [5.74, 6) is 0. The average Bonchev–Trinajstić information content (AvgIpc) is 2.19. The van der Waals surface area contributed by atoms with E-state index in [2.05, 4.69) is 4.98 Å². The summed E-state index contributed by atoms with van der Waals surface area (Å²) < 4.78 is 2.72. The molecule has 0 aliphatic heterocycles. The Morgan fingerprint density at radius 3 is 2.60 bits per heavy atom. The quantitative estimate of drug-likeness (QED) is 0.787. The molecule has 0 bridgehead atoms. The van der Waals surface area contributed by atoms with Crippen LogP contribution in [0.3, 0.4) is 0 Å². The van der Waals surface area contributed by atoms with Crippen molar-refractivity contribution in [1.29, 1.82) is 0 Å². The molecule has 0 atom stereocenters. The zero-order valence-corrected chi connectivity index (χ0v) is 12.3. The van der Waals surface area contributed by atoms with Gasteiger partial charge in [-0.1, -0.05) is 0 Å². The Morgan fingerprint density at radius 2 is 2.13 bits per heavy atom. The van der Waals surface area contributed by atoms with E-state index in [0.29, 0.717) is 0 Å². The maximum atomic E-state index is 11.7. The number of aromatic nitrogens is 2. The zero-order valence-electron chi connectivity index (χ0n) is 9.37. The number of hydrogen-bond acceptors (Lipinski definition) is 2. The molecule has 0 spiro atoms. The van der Waals surface area contributed by atoms with Crippen LogP contribution in [0.5, 0.6) is 0 Å². The second-order valence-electron chi connectivity index (χ2n) is 3.40. The summed E-state index contributed by atoms with van der Waals surface area (Å²) >= 11 is 1.28. The molecule has 0 aromatic carbocycles. The van der Waals surface area contributed by atoms with Gasteiger partial charge in [-0.05, 0) is 0 Å².